The van der Waals surface area contributed by atoms with Gasteiger partial charge in [-0.2, -0.15) is 8.78 Å². The second kappa shape index (κ2) is 10.1. The molecule has 1 aromatic carbocycles. The summed E-state index contributed by atoms with van der Waals surface area (Å²) in [5, 5.41) is 10.9. The molecule has 0 saturated carbocycles. The van der Waals surface area contributed by atoms with Crippen molar-refractivity contribution in [2.75, 3.05) is 13.2 Å². The van der Waals surface area contributed by atoms with Crippen molar-refractivity contribution in [3.8, 4) is 11.5 Å². The molecule has 0 aliphatic heterocycles. The summed E-state index contributed by atoms with van der Waals surface area (Å²) in [6.07, 6.45) is 4.02. The van der Waals surface area contributed by atoms with Gasteiger partial charge in [0.05, 0.1) is 29.4 Å². The van der Waals surface area contributed by atoms with Gasteiger partial charge in [0.15, 0.2) is 11.5 Å². The number of ether oxygens (including phenoxy) is 3. The van der Waals surface area contributed by atoms with Crippen LogP contribution in [0.4, 0.5) is 14.5 Å². The van der Waals surface area contributed by atoms with Crippen molar-refractivity contribution >= 4 is 23.8 Å². The first-order valence-electron chi connectivity index (χ1n) is 8.57. The van der Waals surface area contributed by atoms with E-state index in [4.69, 9.17) is 9.47 Å². The summed E-state index contributed by atoms with van der Waals surface area (Å²) in [4.78, 5) is 26.3. The topological polar surface area (TPSA) is 101 Å². The number of halogens is 2. The lowest BCUT2D eigenvalue weighted by molar-refractivity contribution is -0.385. The molecule has 0 unspecified atom stereocenters. The first-order valence-corrected chi connectivity index (χ1v) is 8.57. The first-order chi connectivity index (χ1) is 13.8. The van der Waals surface area contributed by atoms with E-state index in [1.165, 1.54) is 24.3 Å². The first kappa shape index (κ1) is 21.7. The van der Waals surface area contributed by atoms with Crippen molar-refractivity contribution in [2.24, 2.45) is 0 Å². The van der Waals surface area contributed by atoms with Gasteiger partial charge in [0.2, 0.25) is 0 Å². The van der Waals surface area contributed by atoms with Crippen LogP contribution in [0.2, 0.25) is 0 Å². The van der Waals surface area contributed by atoms with Gasteiger partial charge in [-0.25, -0.2) is 9.78 Å². The quantitative estimate of drug-likeness (QED) is 0.346. The van der Waals surface area contributed by atoms with E-state index in [-0.39, 0.29) is 41.7 Å². The fourth-order valence-electron chi connectivity index (χ4n) is 2.33. The lowest BCUT2D eigenvalue weighted by Crippen LogP contribution is -2.08. The second-order valence-corrected chi connectivity index (χ2v) is 5.45. The highest BCUT2D eigenvalue weighted by molar-refractivity contribution is 5.94. The summed E-state index contributed by atoms with van der Waals surface area (Å²) in [5.74, 6) is -0.740. The molecule has 0 bridgehead atoms. The molecule has 2 aromatic rings. The van der Waals surface area contributed by atoms with Crippen LogP contribution in [0, 0.1) is 10.1 Å². The van der Waals surface area contributed by atoms with E-state index in [2.05, 4.69) is 9.72 Å². The van der Waals surface area contributed by atoms with Crippen molar-refractivity contribution in [3.05, 3.63) is 57.4 Å². The molecule has 1 heterocycles. The molecule has 0 aliphatic rings. The molecule has 0 spiro atoms. The number of alkyl halides is 2. The molecule has 8 nitrogen and oxygen atoms in total. The second-order valence-electron chi connectivity index (χ2n) is 5.45. The van der Waals surface area contributed by atoms with Gasteiger partial charge in [-0.15, -0.1) is 0 Å². The standard InChI is InChI=1S/C19H18F2N2O6/c1-3-27-17-9-12(6-8-16(17)29-19(20)21)5-7-15-14(18(24)28-4-2)10-13(11-22-15)23(25)26/h5-11,19H,3-4H2,1-2H3/b7-5+. The van der Waals surface area contributed by atoms with Crippen molar-refractivity contribution in [1.29, 1.82) is 0 Å². The van der Waals surface area contributed by atoms with Crippen molar-refractivity contribution < 1.29 is 32.7 Å². The molecule has 0 saturated heterocycles. The number of nitrogens with zero attached hydrogens (tertiary/aromatic N) is 2. The van der Waals surface area contributed by atoms with Gasteiger partial charge in [0, 0.05) is 6.07 Å². The van der Waals surface area contributed by atoms with Crippen LogP contribution in [0.1, 0.15) is 35.5 Å². The number of carbonyl (C=O) groups excluding carboxylic acids is 1. The molecule has 0 fully saturated rings. The largest absolute Gasteiger partial charge is 0.490 e. The maximum absolute atomic E-state index is 12.5. The number of hydrogen-bond donors (Lipinski definition) is 0. The average Bonchev–Trinajstić information content (AvgIpc) is 2.68. The van der Waals surface area contributed by atoms with E-state index >= 15 is 0 Å². The molecule has 0 N–H and O–H groups in total. The highest BCUT2D eigenvalue weighted by Gasteiger charge is 2.18. The zero-order chi connectivity index (χ0) is 21.4. The molecule has 0 amide bonds. The molecular formula is C19H18F2N2O6. The number of aromatic nitrogens is 1. The number of carbonyl (C=O) groups is 1. The van der Waals surface area contributed by atoms with Gasteiger partial charge >= 0.3 is 12.6 Å². The molecule has 2 rings (SSSR count). The summed E-state index contributed by atoms with van der Waals surface area (Å²) >= 11 is 0. The maximum atomic E-state index is 12.5. The number of pyridine rings is 1. The zero-order valence-electron chi connectivity index (χ0n) is 15.6. The highest BCUT2D eigenvalue weighted by atomic mass is 19.3. The number of hydrogen-bond acceptors (Lipinski definition) is 7. The van der Waals surface area contributed by atoms with Crippen molar-refractivity contribution in [2.45, 2.75) is 20.5 Å². The normalized spacial score (nSPS) is 10.9. The monoisotopic (exact) mass is 408 g/mol. The Morgan fingerprint density at radius 3 is 2.59 bits per heavy atom. The number of nitro groups is 1. The van der Waals surface area contributed by atoms with E-state index < -0.39 is 17.5 Å². The Hall–Kier alpha value is -3.56. The van der Waals surface area contributed by atoms with Crippen LogP contribution in [-0.2, 0) is 4.74 Å². The minimum absolute atomic E-state index is 0.0695. The zero-order valence-corrected chi connectivity index (χ0v) is 15.6. The average molecular weight is 408 g/mol. The molecule has 0 aliphatic carbocycles. The maximum Gasteiger partial charge on any atom is 0.387 e. The fourth-order valence-corrected chi connectivity index (χ4v) is 2.33. The molecule has 154 valence electrons. The molecule has 10 heteroatoms. The number of rotatable bonds is 9. The Bertz CT molecular complexity index is 918. The smallest absolute Gasteiger partial charge is 0.387 e. The van der Waals surface area contributed by atoms with E-state index in [0.717, 1.165) is 12.3 Å². The minimum atomic E-state index is -2.99. The van der Waals surface area contributed by atoms with Gasteiger partial charge in [-0.05, 0) is 37.6 Å². The van der Waals surface area contributed by atoms with Gasteiger partial charge in [0.1, 0.15) is 6.20 Å². The van der Waals surface area contributed by atoms with Crippen LogP contribution in [0.15, 0.2) is 30.5 Å². The third kappa shape index (κ3) is 5.96. The van der Waals surface area contributed by atoms with E-state index in [0.29, 0.717) is 5.56 Å². The van der Waals surface area contributed by atoms with Crippen LogP contribution >= 0.6 is 0 Å². The highest BCUT2D eigenvalue weighted by Crippen LogP contribution is 2.30. The SMILES string of the molecule is CCOC(=O)c1cc([N+](=O)[O-])cnc1/C=C/c1ccc(OC(F)F)c(OCC)c1. The van der Waals surface area contributed by atoms with Gasteiger partial charge in [-0.1, -0.05) is 12.1 Å². The molecule has 1 aromatic heterocycles. The summed E-state index contributed by atoms with van der Waals surface area (Å²) in [5.41, 5.74) is 0.280. The molecule has 0 atom stereocenters. The summed E-state index contributed by atoms with van der Waals surface area (Å²) < 4.78 is 39.6. The van der Waals surface area contributed by atoms with Gasteiger partial charge in [0.25, 0.3) is 5.69 Å². The van der Waals surface area contributed by atoms with Crippen molar-refractivity contribution in [3.63, 3.8) is 0 Å². The predicted octanol–water partition coefficient (Wildman–Crippen LogP) is 4.34. The van der Waals surface area contributed by atoms with Crippen LogP contribution < -0.4 is 9.47 Å². The molecule has 29 heavy (non-hydrogen) atoms. The number of benzene rings is 1. The van der Waals surface area contributed by atoms with Gasteiger partial charge < -0.3 is 14.2 Å². The van der Waals surface area contributed by atoms with Crippen LogP contribution in [0.25, 0.3) is 12.2 Å². The molecule has 0 radical (unpaired) electrons. The Kier molecular flexibility index (Phi) is 7.58. The fraction of sp³-hybridized carbons (Fsp3) is 0.263. The lowest BCUT2D eigenvalue weighted by Gasteiger charge is -2.11. The van der Waals surface area contributed by atoms with Crippen LogP contribution in [0.5, 0.6) is 11.5 Å². The summed E-state index contributed by atoms with van der Waals surface area (Å²) in [6, 6.07) is 5.39. The third-order valence-corrected chi connectivity index (χ3v) is 3.53. The molecular weight excluding hydrogens is 390 g/mol. The third-order valence-electron chi connectivity index (χ3n) is 3.53. The Morgan fingerprint density at radius 1 is 1.21 bits per heavy atom. The summed E-state index contributed by atoms with van der Waals surface area (Å²) in [6.45, 7) is 0.641. The number of esters is 1. The predicted molar refractivity (Wildman–Crippen MR) is 100 cm³/mol. The Balaban J connectivity index is 2.38. The van der Waals surface area contributed by atoms with Crippen LogP contribution in [-0.4, -0.2) is 35.7 Å². The van der Waals surface area contributed by atoms with Gasteiger partial charge in [-0.3, -0.25) is 10.1 Å². The lowest BCUT2D eigenvalue weighted by atomic mass is 10.1. The Morgan fingerprint density at radius 2 is 1.97 bits per heavy atom. The van der Waals surface area contributed by atoms with E-state index in [1.54, 1.807) is 19.9 Å². The van der Waals surface area contributed by atoms with E-state index in [1.807, 2.05) is 0 Å². The van der Waals surface area contributed by atoms with Crippen molar-refractivity contribution in [1.82, 2.24) is 4.98 Å². The van der Waals surface area contributed by atoms with Crippen LogP contribution in [0.3, 0.4) is 0 Å². The Labute approximate surface area is 164 Å². The summed E-state index contributed by atoms with van der Waals surface area (Å²) in [7, 11) is 0. The van der Waals surface area contributed by atoms with E-state index in [9.17, 15) is 23.7 Å². The minimum Gasteiger partial charge on any atom is -0.490 e.